The van der Waals surface area contributed by atoms with Gasteiger partial charge in [0.05, 0.1) is 12.1 Å². The lowest BCUT2D eigenvalue weighted by Gasteiger charge is -1.92. The number of halogens is 1. The van der Waals surface area contributed by atoms with Crippen molar-refractivity contribution in [3.8, 4) is 0 Å². The van der Waals surface area contributed by atoms with Crippen molar-refractivity contribution in [2.45, 2.75) is 6.54 Å². The van der Waals surface area contributed by atoms with Crippen LogP contribution in [0.2, 0.25) is 0 Å². The number of nitrogens with zero attached hydrogens (tertiary/aromatic N) is 2. The minimum atomic E-state index is 0.605. The molecule has 0 aliphatic heterocycles. The van der Waals surface area contributed by atoms with Gasteiger partial charge >= 0.3 is 0 Å². The van der Waals surface area contributed by atoms with Gasteiger partial charge in [-0.15, -0.1) is 11.6 Å². The first-order valence-corrected chi connectivity index (χ1v) is 4.42. The zero-order chi connectivity index (χ0) is 8.39. The summed E-state index contributed by atoms with van der Waals surface area (Å²) < 4.78 is 1.87. The third-order valence-electron chi connectivity index (χ3n) is 1.77. The second-order valence-electron chi connectivity index (χ2n) is 2.64. The summed E-state index contributed by atoms with van der Waals surface area (Å²) >= 11 is 5.60. The Morgan fingerprint density at radius 1 is 1.33 bits per heavy atom. The summed E-state index contributed by atoms with van der Waals surface area (Å²) in [6, 6.07) is 8.04. The molecule has 2 nitrogen and oxygen atoms in total. The molecule has 0 fully saturated rings. The van der Waals surface area contributed by atoms with E-state index in [1.54, 1.807) is 0 Å². The van der Waals surface area contributed by atoms with Crippen molar-refractivity contribution >= 4 is 22.5 Å². The Hall–Kier alpha value is -1.02. The quantitative estimate of drug-likeness (QED) is 0.649. The highest BCUT2D eigenvalue weighted by molar-refractivity contribution is 6.17. The van der Waals surface area contributed by atoms with E-state index in [-0.39, 0.29) is 0 Å². The highest BCUT2D eigenvalue weighted by atomic mass is 35.5. The van der Waals surface area contributed by atoms with Crippen LogP contribution in [-0.2, 0) is 6.54 Å². The van der Waals surface area contributed by atoms with Gasteiger partial charge in [-0.3, -0.25) is 4.68 Å². The summed E-state index contributed by atoms with van der Waals surface area (Å²) in [5, 5.41) is 5.50. The molecule has 0 aliphatic carbocycles. The van der Waals surface area contributed by atoms with E-state index in [0.717, 1.165) is 12.1 Å². The summed E-state index contributed by atoms with van der Waals surface area (Å²) in [6.45, 7) is 0.774. The third-order valence-corrected chi connectivity index (χ3v) is 1.94. The van der Waals surface area contributed by atoms with Gasteiger partial charge in [0, 0.05) is 17.5 Å². The molecule has 0 unspecified atom stereocenters. The highest BCUT2D eigenvalue weighted by Gasteiger charge is 1.96. The molecule has 12 heavy (non-hydrogen) atoms. The summed E-state index contributed by atoms with van der Waals surface area (Å²) in [5.41, 5.74) is 1.03. The summed E-state index contributed by atoms with van der Waals surface area (Å²) in [4.78, 5) is 0. The predicted molar refractivity (Wildman–Crippen MR) is 50.5 cm³/mol. The molecule has 0 atom stereocenters. The fourth-order valence-electron chi connectivity index (χ4n) is 1.22. The van der Waals surface area contributed by atoms with Gasteiger partial charge in [-0.05, 0) is 6.07 Å². The van der Waals surface area contributed by atoms with Gasteiger partial charge in [0.15, 0.2) is 0 Å². The van der Waals surface area contributed by atoms with Crippen LogP contribution >= 0.6 is 11.6 Å². The van der Waals surface area contributed by atoms with E-state index in [2.05, 4.69) is 5.10 Å². The van der Waals surface area contributed by atoms with Crippen molar-refractivity contribution in [1.82, 2.24) is 9.78 Å². The molecule has 0 radical (unpaired) electrons. The zero-order valence-electron chi connectivity index (χ0n) is 6.57. The van der Waals surface area contributed by atoms with E-state index in [0.29, 0.717) is 5.88 Å². The van der Waals surface area contributed by atoms with E-state index >= 15 is 0 Å². The second-order valence-corrected chi connectivity index (χ2v) is 3.02. The van der Waals surface area contributed by atoms with Crippen LogP contribution in [-0.4, -0.2) is 15.7 Å². The number of hydrogen-bond donors (Lipinski definition) is 0. The molecule has 0 amide bonds. The highest BCUT2D eigenvalue weighted by Crippen LogP contribution is 2.10. The predicted octanol–water partition coefficient (Wildman–Crippen LogP) is 2.28. The van der Waals surface area contributed by atoms with Gasteiger partial charge in [-0.2, -0.15) is 5.10 Å². The largest absolute Gasteiger partial charge is 0.270 e. The SMILES string of the molecule is ClCCn1cc2ccccc2n1. The van der Waals surface area contributed by atoms with Gasteiger partial charge < -0.3 is 0 Å². The monoisotopic (exact) mass is 180 g/mol. The van der Waals surface area contributed by atoms with Crippen molar-refractivity contribution < 1.29 is 0 Å². The molecule has 0 saturated heterocycles. The summed E-state index contributed by atoms with van der Waals surface area (Å²) in [6.07, 6.45) is 2.01. The van der Waals surface area contributed by atoms with E-state index in [1.165, 1.54) is 5.39 Å². The Morgan fingerprint density at radius 2 is 2.17 bits per heavy atom. The van der Waals surface area contributed by atoms with Crippen LogP contribution in [0.5, 0.6) is 0 Å². The molecule has 1 aromatic heterocycles. The Kier molecular flexibility index (Phi) is 2.00. The molecule has 2 rings (SSSR count). The van der Waals surface area contributed by atoms with Crippen molar-refractivity contribution in [3.05, 3.63) is 30.5 Å². The molecule has 0 N–H and O–H groups in total. The molecular weight excluding hydrogens is 172 g/mol. The Balaban J connectivity index is 2.47. The topological polar surface area (TPSA) is 17.8 Å². The second kappa shape index (κ2) is 3.15. The number of aromatic nitrogens is 2. The average molecular weight is 181 g/mol. The minimum absolute atomic E-state index is 0.605. The standard InChI is InChI=1S/C9H9ClN2/c10-5-6-12-7-8-3-1-2-4-9(8)11-12/h1-4,7H,5-6H2. The first-order valence-electron chi connectivity index (χ1n) is 3.88. The molecule has 62 valence electrons. The van der Waals surface area contributed by atoms with Gasteiger partial charge in [0.1, 0.15) is 0 Å². The van der Waals surface area contributed by atoms with Crippen molar-refractivity contribution in [2.75, 3.05) is 5.88 Å². The first-order chi connectivity index (χ1) is 5.90. The van der Waals surface area contributed by atoms with Crippen LogP contribution < -0.4 is 0 Å². The number of fused-ring (bicyclic) bond motifs is 1. The first kappa shape index (κ1) is 7.62. The van der Waals surface area contributed by atoms with E-state index in [1.807, 2.05) is 35.1 Å². The lowest BCUT2D eigenvalue weighted by atomic mass is 10.3. The van der Waals surface area contributed by atoms with E-state index < -0.39 is 0 Å². The molecular formula is C9H9ClN2. The Labute approximate surface area is 75.8 Å². The average Bonchev–Trinajstić information content (AvgIpc) is 2.47. The number of alkyl halides is 1. The molecule has 0 bridgehead atoms. The Bertz CT molecular complexity index is 348. The smallest absolute Gasteiger partial charge is 0.0923 e. The van der Waals surface area contributed by atoms with Crippen molar-refractivity contribution in [3.63, 3.8) is 0 Å². The lowest BCUT2D eigenvalue weighted by molar-refractivity contribution is 0.672. The Morgan fingerprint density at radius 3 is 2.92 bits per heavy atom. The number of hydrogen-bond acceptors (Lipinski definition) is 1. The summed E-state index contributed by atoms with van der Waals surface area (Å²) in [7, 11) is 0. The maximum Gasteiger partial charge on any atom is 0.0923 e. The fraction of sp³-hybridized carbons (Fsp3) is 0.222. The van der Waals surface area contributed by atoms with Crippen LogP contribution in [0.3, 0.4) is 0 Å². The molecule has 0 spiro atoms. The van der Waals surface area contributed by atoms with Gasteiger partial charge in [-0.1, -0.05) is 18.2 Å². The minimum Gasteiger partial charge on any atom is -0.270 e. The van der Waals surface area contributed by atoms with E-state index in [4.69, 9.17) is 11.6 Å². The molecule has 0 saturated carbocycles. The third kappa shape index (κ3) is 1.30. The van der Waals surface area contributed by atoms with Gasteiger partial charge in [0.2, 0.25) is 0 Å². The number of benzene rings is 1. The lowest BCUT2D eigenvalue weighted by Crippen LogP contribution is -1.98. The van der Waals surface area contributed by atoms with Crippen LogP contribution in [0.25, 0.3) is 10.9 Å². The molecule has 1 heterocycles. The van der Waals surface area contributed by atoms with Crippen LogP contribution in [0.15, 0.2) is 30.5 Å². The zero-order valence-corrected chi connectivity index (χ0v) is 7.33. The molecule has 1 aromatic carbocycles. The van der Waals surface area contributed by atoms with Gasteiger partial charge in [0.25, 0.3) is 0 Å². The molecule has 0 aliphatic rings. The normalized spacial score (nSPS) is 10.8. The van der Waals surface area contributed by atoms with E-state index in [9.17, 15) is 0 Å². The molecule has 2 aromatic rings. The number of rotatable bonds is 2. The maximum atomic E-state index is 5.60. The van der Waals surface area contributed by atoms with Crippen LogP contribution in [0.1, 0.15) is 0 Å². The fourth-order valence-corrected chi connectivity index (χ4v) is 1.39. The summed E-state index contributed by atoms with van der Waals surface area (Å²) in [5.74, 6) is 0.605. The van der Waals surface area contributed by atoms with Crippen molar-refractivity contribution in [1.29, 1.82) is 0 Å². The van der Waals surface area contributed by atoms with Crippen LogP contribution in [0, 0.1) is 0 Å². The number of aryl methyl sites for hydroxylation is 1. The molecule has 3 heteroatoms. The maximum absolute atomic E-state index is 5.60. The van der Waals surface area contributed by atoms with Gasteiger partial charge in [-0.25, -0.2) is 0 Å². The van der Waals surface area contributed by atoms with Crippen LogP contribution in [0.4, 0.5) is 0 Å². The van der Waals surface area contributed by atoms with Crippen molar-refractivity contribution in [2.24, 2.45) is 0 Å².